The normalized spacial score (nSPS) is 17.0. The topological polar surface area (TPSA) is 58.6 Å². The fourth-order valence-corrected chi connectivity index (χ4v) is 2.57. The van der Waals surface area contributed by atoms with Crippen LogP contribution in [0.25, 0.3) is 0 Å². The number of amides is 2. The number of nitrogens with one attached hydrogen (secondary N) is 1. The summed E-state index contributed by atoms with van der Waals surface area (Å²) in [4.78, 5) is 26.1. The highest BCUT2D eigenvalue weighted by Crippen LogP contribution is 2.34. The van der Waals surface area contributed by atoms with Gasteiger partial charge in [0.05, 0.1) is 5.69 Å². The molecule has 0 radical (unpaired) electrons. The standard InChI is InChI=1S/C18H26N2O3/c1-4-15-18(22)20(14-7-5-6-8-16(14)23-15)12-10-17(21)19-11-9-13(2)3/h5-8,13,15H,4,9-12H2,1-3H3,(H,19,21). The number of para-hydroxylation sites is 2. The van der Waals surface area contributed by atoms with E-state index in [1.54, 1.807) is 4.90 Å². The lowest BCUT2D eigenvalue weighted by Gasteiger charge is -2.33. The molecule has 0 spiro atoms. The Kier molecular flexibility index (Phi) is 6.02. The number of benzene rings is 1. The first-order valence-corrected chi connectivity index (χ1v) is 8.36. The minimum atomic E-state index is -0.464. The van der Waals surface area contributed by atoms with Crippen LogP contribution in [0.3, 0.4) is 0 Å². The van der Waals surface area contributed by atoms with Gasteiger partial charge in [-0.2, -0.15) is 0 Å². The highest BCUT2D eigenvalue weighted by atomic mass is 16.5. The van der Waals surface area contributed by atoms with Crippen molar-refractivity contribution in [2.75, 3.05) is 18.0 Å². The van der Waals surface area contributed by atoms with Gasteiger partial charge in [-0.15, -0.1) is 0 Å². The van der Waals surface area contributed by atoms with E-state index in [-0.39, 0.29) is 11.8 Å². The molecule has 0 fully saturated rings. The van der Waals surface area contributed by atoms with Crippen molar-refractivity contribution in [1.29, 1.82) is 0 Å². The number of hydrogen-bond acceptors (Lipinski definition) is 3. The monoisotopic (exact) mass is 318 g/mol. The van der Waals surface area contributed by atoms with E-state index in [4.69, 9.17) is 4.74 Å². The Labute approximate surface area is 138 Å². The predicted octanol–water partition coefficient (Wildman–Crippen LogP) is 2.74. The molecule has 0 aliphatic carbocycles. The van der Waals surface area contributed by atoms with Gasteiger partial charge in [0.2, 0.25) is 5.91 Å². The van der Waals surface area contributed by atoms with Crippen LogP contribution in [0.1, 0.15) is 40.0 Å². The van der Waals surface area contributed by atoms with E-state index < -0.39 is 6.10 Å². The lowest BCUT2D eigenvalue weighted by atomic mass is 10.1. The first kappa shape index (κ1) is 17.3. The maximum atomic E-state index is 12.5. The van der Waals surface area contributed by atoms with Crippen LogP contribution in [0, 0.1) is 5.92 Å². The fourth-order valence-electron chi connectivity index (χ4n) is 2.57. The van der Waals surface area contributed by atoms with E-state index in [0.29, 0.717) is 37.6 Å². The molecule has 1 aromatic carbocycles. The number of rotatable bonds is 7. The Morgan fingerprint density at radius 2 is 2.09 bits per heavy atom. The molecule has 2 amide bonds. The van der Waals surface area contributed by atoms with Gasteiger partial charge >= 0.3 is 0 Å². The number of hydrogen-bond donors (Lipinski definition) is 1. The number of ether oxygens (including phenoxy) is 1. The van der Waals surface area contributed by atoms with Crippen molar-refractivity contribution in [2.45, 2.75) is 46.1 Å². The van der Waals surface area contributed by atoms with Crippen LogP contribution in [0.4, 0.5) is 5.69 Å². The van der Waals surface area contributed by atoms with Crippen LogP contribution in [0.15, 0.2) is 24.3 Å². The van der Waals surface area contributed by atoms with Gasteiger partial charge in [-0.25, -0.2) is 0 Å². The predicted molar refractivity (Wildman–Crippen MR) is 90.6 cm³/mol. The Hall–Kier alpha value is -2.04. The zero-order valence-corrected chi connectivity index (χ0v) is 14.2. The first-order chi connectivity index (χ1) is 11.0. The summed E-state index contributed by atoms with van der Waals surface area (Å²) in [5, 5.41) is 2.91. The quantitative estimate of drug-likeness (QED) is 0.841. The minimum absolute atomic E-state index is 0.0181. The highest BCUT2D eigenvalue weighted by molar-refractivity contribution is 6.00. The van der Waals surface area contributed by atoms with E-state index >= 15 is 0 Å². The Morgan fingerprint density at radius 3 is 2.78 bits per heavy atom. The highest BCUT2D eigenvalue weighted by Gasteiger charge is 2.32. The average Bonchev–Trinajstić information content (AvgIpc) is 2.53. The summed E-state index contributed by atoms with van der Waals surface area (Å²) < 4.78 is 5.73. The Bertz CT molecular complexity index is 557. The molecule has 1 atom stereocenters. The molecule has 1 aromatic rings. The van der Waals surface area contributed by atoms with Crippen LogP contribution in [-0.2, 0) is 9.59 Å². The molecule has 0 saturated carbocycles. The van der Waals surface area contributed by atoms with Crippen LogP contribution in [-0.4, -0.2) is 31.0 Å². The first-order valence-electron chi connectivity index (χ1n) is 8.36. The maximum absolute atomic E-state index is 12.5. The summed E-state index contributed by atoms with van der Waals surface area (Å²) in [5.74, 6) is 1.18. The smallest absolute Gasteiger partial charge is 0.268 e. The molecule has 0 aromatic heterocycles. The zero-order valence-electron chi connectivity index (χ0n) is 14.2. The second-order valence-electron chi connectivity index (χ2n) is 6.25. The van der Waals surface area contributed by atoms with Crippen molar-refractivity contribution in [3.05, 3.63) is 24.3 Å². The molecule has 1 heterocycles. The summed E-state index contributed by atoms with van der Waals surface area (Å²) in [6, 6.07) is 7.48. The number of carbonyl (C=O) groups is 2. The van der Waals surface area contributed by atoms with E-state index in [2.05, 4.69) is 19.2 Å². The van der Waals surface area contributed by atoms with Gasteiger partial charge in [0, 0.05) is 19.5 Å². The molecule has 5 nitrogen and oxygen atoms in total. The Morgan fingerprint density at radius 1 is 1.35 bits per heavy atom. The molecule has 1 unspecified atom stereocenters. The Balaban J connectivity index is 1.97. The number of carbonyl (C=O) groups excluding carboxylic acids is 2. The van der Waals surface area contributed by atoms with Crippen molar-refractivity contribution in [1.82, 2.24) is 5.32 Å². The van der Waals surface area contributed by atoms with Gasteiger partial charge in [0.15, 0.2) is 6.10 Å². The molecule has 1 aliphatic rings. The second-order valence-corrected chi connectivity index (χ2v) is 6.25. The summed E-state index contributed by atoms with van der Waals surface area (Å²) in [5.41, 5.74) is 0.747. The van der Waals surface area contributed by atoms with Crippen LogP contribution >= 0.6 is 0 Å². The van der Waals surface area contributed by atoms with E-state index in [1.165, 1.54) is 0 Å². The van der Waals surface area contributed by atoms with Crippen LogP contribution in [0.2, 0.25) is 0 Å². The zero-order chi connectivity index (χ0) is 16.8. The van der Waals surface area contributed by atoms with Crippen LogP contribution in [0.5, 0.6) is 5.75 Å². The molecule has 0 saturated heterocycles. The number of anilines is 1. The van der Waals surface area contributed by atoms with Crippen molar-refractivity contribution in [2.24, 2.45) is 5.92 Å². The lowest BCUT2D eigenvalue weighted by Crippen LogP contribution is -2.46. The SMILES string of the molecule is CCC1Oc2ccccc2N(CCC(=O)NCCC(C)C)C1=O. The molecular formula is C18H26N2O3. The minimum Gasteiger partial charge on any atom is -0.478 e. The van der Waals surface area contributed by atoms with E-state index in [9.17, 15) is 9.59 Å². The summed E-state index contributed by atoms with van der Waals surface area (Å²) >= 11 is 0. The third-order valence-corrected chi connectivity index (χ3v) is 3.94. The second kappa shape index (κ2) is 7.99. The summed E-state index contributed by atoms with van der Waals surface area (Å²) in [6.45, 7) is 7.24. The number of fused-ring (bicyclic) bond motifs is 1. The van der Waals surface area contributed by atoms with E-state index in [0.717, 1.165) is 12.1 Å². The fraction of sp³-hybridized carbons (Fsp3) is 0.556. The third kappa shape index (κ3) is 4.47. The van der Waals surface area contributed by atoms with Crippen LogP contribution < -0.4 is 15.0 Å². The molecular weight excluding hydrogens is 292 g/mol. The molecule has 23 heavy (non-hydrogen) atoms. The van der Waals surface area contributed by atoms with E-state index in [1.807, 2.05) is 31.2 Å². The van der Waals surface area contributed by atoms with Crippen molar-refractivity contribution < 1.29 is 14.3 Å². The third-order valence-electron chi connectivity index (χ3n) is 3.94. The van der Waals surface area contributed by atoms with Crippen molar-refractivity contribution in [3.63, 3.8) is 0 Å². The molecule has 1 N–H and O–H groups in total. The molecule has 126 valence electrons. The van der Waals surface area contributed by atoms with Gasteiger partial charge in [-0.05, 0) is 30.9 Å². The molecule has 0 bridgehead atoms. The molecule has 2 rings (SSSR count). The van der Waals surface area contributed by atoms with Crippen molar-refractivity contribution in [3.8, 4) is 5.75 Å². The number of nitrogens with zero attached hydrogens (tertiary/aromatic N) is 1. The average molecular weight is 318 g/mol. The van der Waals surface area contributed by atoms with Gasteiger partial charge in [0.1, 0.15) is 5.75 Å². The summed E-state index contributed by atoms with van der Waals surface area (Å²) in [7, 11) is 0. The molecule has 5 heteroatoms. The molecule has 1 aliphatic heterocycles. The van der Waals surface area contributed by atoms with Crippen molar-refractivity contribution >= 4 is 17.5 Å². The lowest BCUT2D eigenvalue weighted by molar-refractivity contribution is -0.126. The van der Waals surface area contributed by atoms with Gasteiger partial charge in [-0.1, -0.05) is 32.9 Å². The van der Waals surface area contributed by atoms with Gasteiger partial charge < -0.3 is 15.0 Å². The largest absolute Gasteiger partial charge is 0.478 e. The maximum Gasteiger partial charge on any atom is 0.268 e. The summed E-state index contributed by atoms with van der Waals surface area (Å²) in [6.07, 6.45) is 1.41. The van der Waals surface area contributed by atoms with Gasteiger partial charge in [0.25, 0.3) is 5.91 Å². The van der Waals surface area contributed by atoms with Gasteiger partial charge in [-0.3, -0.25) is 9.59 Å².